The van der Waals surface area contributed by atoms with Gasteiger partial charge in [0.1, 0.15) is 5.78 Å². The minimum atomic E-state index is -4.03. The van der Waals surface area contributed by atoms with E-state index in [1.807, 2.05) is 30.3 Å². The lowest BCUT2D eigenvalue weighted by atomic mass is 10.2. The second kappa shape index (κ2) is 14.3. The molecule has 0 radical (unpaired) electrons. The first-order chi connectivity index (χ1) is 18.3. The summed E-state index contributed by atoms with van der Waals surface area (Å²) in [4.78, 5) is 21.9. The van der Waals surface area contributed by atoms with Crippen molar-refractivity contribution in [3.63, 3.8) is 0 Å². The van der Waals surface area contributed by atoms with Crippen LogP contribution in [-0.4, -0.2) is 15.6 Å². The Morgan fingerprint density at radius 3 is 1.84 bits per heavy atom. The molecule has 0 aromatic heterocycles. The Morgan fingerprint density at radius 2 is 1.34 bits per heavy atom. The first kappa shape index (κ1) is 28.9. The minimum absolute atomic E-state index is 0.168. The number of benzene rings is 3. The normalized spacial score (nSPS) is 12.1. The molecule has 10 nitrogen and oxygen atoms in total. The molecular formula is C27H30N3O7P. The summed E-state index contributed by atoms with van der Waals surface area (Å²) < 4.78 is 26.1. The number of rotatable bonds is 16. The minimum Gasteiger partial charge on any atom is -0.302 e. The van der Waals surface area contributed by atoms with E-state index in [0.717, 1.165) is 5.56 Å². The predicted octanol–water partition coefficient (Wildman–Crippen LogP) is 6.90. The molecule has 3 aromatic carbocycles. The van der Waals surface area contributed by atoms with Gasteiger partial charge in [-0.1, -0.05) is 60.7 Å². The molecule has 200 valence electrons. The Hall–Kier alpha value is -3.69. The molecule has 1 atom stereocenters. The maximum absolute atomic E-state index is 14.4. The molecule has 0 unspecified atom stereocenters. The van der Waals surface area contributed by atoms with Gasteiger partial charge in [-0.05, 0) is 37.0 Å². The Morgan fingerprint density at radius 1 is 0.842 bits per heavy atom. The lowest BCUT2D eigenvalue weighted by Gasteiger charge is -2.28. The molecule has 0 saturated carbocycles. The lowest BCUT2D eigenvalue weighted by molar-refractivity contribution is -0.385. The van der Waals surface area contributed by atoms with Crippen molar-refractivity contribution in [3.05, 3.63) is 128 Å². The number of hydrogen-bond acceptors (Lipinski definition) is 8. The summed E-state index contributed by atoms with van der Waals surface area (Å²) in [6.45, 7) is 3.43. The van der Waals surface area contributed by atoms with Crippen LogP contribution in [0.3, 0.4) is 0 Å². The van der Waals surface area contributed by atoms with Gasteiger partial charge < -0.3 is 9.05 Å². The standard InChI is InChI=1S/C27H30N3O7P/c1-2-3-5-18-27(28-19-22-12-6-4-7-13-22)38(35,36-20-23-14-8-10-16-25(23)29(31)32)37-21-24-15-9-11-17-26(24)30(33)34/h2,4,6-17,27-28H,1,3,5,18-21H2/t27-/m0/s1. The summed E-state index contributed by atoms with van der Waals surface area (Å²) in [7, 11) is -4.03. The first-order valence-corrected chi connectivity index (χ1v) is 13.7. The molecule has 0 aliphatic carbocycles. The van der Waals surface area contributed by atoms with E-state index in [1.165, 1.54) is 36.4 Å². The molecular weight excluding hydrogens is 509 g/mol. The zero-order valence-electron chi connectivity index (χ0n) is 20.8. The number of nitro groups is 2. The van der Waals surface area contributed by atoms with Gasteiger partial charge in [0.05, 0.1) is 34.2 Å². The van der Waals surface area contributed by atoms with Gasteiger partial charge in [0.2, 0.25) is 0 Å². The third-order valence-corrected chi connectivity index (χ3v) is 8.01. The van der Waals surface area contributed by atoms with Crippen molar-refractivity contribution in [1.29, 1.82) is 0 Å². The van der Waals surface area contributed by atoms with Gasteiger partial charge >= 0.3 is 7.60 Å². The molecule has 3 aromatic rings. The maximum Gasteiger partial charge on any atom is 0.348 e. The quantitative estimate of drug-likeness (QED) is 0.0683. The Labute approximate surface area is 221 Å². The Balaban J connectivity index is 1.91. The number of unbranched alkanes of at least 4 members (excludes halogenated alkanes) is 1. The topological polar surface area (TPSA) is 134 Å². The van der Waals surface area contributed by atoms with Crippen LogP contribution >= 0.6 is 7.60 Å². The van der Waals surface area contributed by atoms with Gasteiger partial charge in [0.15, 0.2) is 0 Å². The van der Waals surface area contributed by atoms with Crippen LogP contribution in [0.5, 0.6) is 0 Å². The van der Waals surface area contributed by atoms with Crippen LogP contribution in [0.25, 0.3) is 0 Å². The molecule has 0 saturated heterocycles. The number of nitro benzene ring substituents is 2. The van der Waals surface area contributed by atoms with Gasteiger partial charge in [-0.25, -0.2) is 0 Å². The van der Waals surface area contributed by atoms with Crippen LogP contribution < -0.4 is 5.32 Å². The molecule has 3 rings (SSSR count). The van der Waals surface area contributed by atoms with E-state index in [9.17, 15) is 24.8 Å². The number of para-hydroxylation sites is 2. The van der Waals surface area contributed by atoms with Crippen LogP contribution in [0.1, 0.15) is 36.0 Å². The molecule has 0 aliphatic rings. The largest absolute Gasteiger partial charge is 0.348 e. The van der Waals surface area contributed by atoms with Crippen LogP contribution in [0.15, 0.2) is 91.5 Å². The fourth-order valence-corrected chi connectivity index (χ4v) is 5.70. The molecule has 0 fully saturated rings. The first-order valence-electron chi connectivity index (χ1n) is 12.1. The molecule has 0 heterocycles. The van der Waals surface area contributed by atoms with Crippen LogP contribution in [-0.2, 0) is 33.4 Å². The second-order valence-electron chi connectivity index (χ2n) is 8.46. The Kier molecular flexibility index (Phi) is 10.9. The van der Waals surface area contributed by atoms with E-state index < -0.39 is 23.2 Å². The van der Waals surface area contributed by atoms with Crippen LogP contribution in [0.2, 0.25) is 0 Å². The van der Waals surface area contributed by atoms with E-state index in [2.05, 4.69) is 11.9 Å². The van der Waals surface area contributed by atoms with E-state index in [-0.39, 0.29) is 35.7 Å². The SMILES string of the molecule is C=CCCC[C@@H](NCc1ccccc1)P(=O)(OCc1ccccc1[N+](=O)[O-])OCc1ccccc1[N+](=O)[O-]. The highest BCUT2D eigenvalue weighted by molar-refractivity contribution is 7.54. The highest BCUT2D eigenvalue weighted by atomic mass is 31.2. The van der Waals surface area contributed by atoms with Crippen LogP contribution in [0.4, 0.5) is 11.4 Å². The van der Waals surface area contributed by atoms with Gasteiger partial charge in [0, 0.05) is 18.7 Å². The van der Waals surface area contributed by atoms with Crippen molar-refractivity contribution >= 4 is 19.0 Å². The van der Waals surface area contributed by atoms with Crippen molar-refractivity contribution in [3.8, 4) is 0 Å². The van der Waals surface area contributed by atoms with E-state index >= 15 is 0 Å². The molecule has 0 amide bonds. The molecule has 0 spiro atoms. The summed E-state index contributed by atoms with van der Waals surface area (Å²) in [6.07, 6.45) is 3.44. The lowest BCUT2D eigenvalue weighted by Crippen LogP contribution is -2.30. The molecule has 11 heteroatoms. The van der Waals surface area contributed by atoms with E-state index in [0.29, 0.717) is 25.8 Å². The zero-order chi connectivity index (χ0) is 27.4. The third-order valence-electron chi connectivity index (χ3n) is 5.83. The summed E-state index contributed by atoms with van der Waals surface area (Å²) in [5.74, 6) is -0.784. The van der Waals surface area contributed by atoms with Crippen molar-refractivity contribution in [2.24, 2.45) is 0 Å². The predicted molar refractivity (Wildman–Crippen MR) is 144 cm³/mol. The smallest absolute Gasteiger partial charge is 0.302 e. The number of nitrogens with one attached hydrogen (secondary N) is 1. The van der Waals surface area contributed by atoms with Crippen molar-refractivity contribution in [1.82, 2.24) is 5.32 Å². The van der Waals surface area contributed by atoms with Gasteiger partial charge in [-0.15, -0.1) is 6.58 Å². The molecule has 0 bridgehead atoms. The van der Waals surface area contributed by atoms with Gasteiger partial charge in [-0.2, -0.15) is 0 Å². The molecule has 38 heavy (non-hydrogen) atoms. The van der Waals surface area contributed by atoms with Crippen molar-refractivity contribution < 1.29 is 23.5 Å². The summed E-state index contributed by atoms with van der Waals surface area (Å²) >= 11 is 0. The average Bonchev–Trinajstić information content (AvgIpc) is 2.93. The van der Waals surface area contributed by atoms with Crippen molar-refractivity contribution in [2.45, 2.75) is 44.8 Å². The van der Waals surface area contributed by atoms with Crippen LogP contribution in [0, 0.1) is 20.2 Å². The third kappa shape index (κ3) is 8.16. The monoisotopic (exact) mass is 539 g/mol. The number of hydrogen-bond donors (Lipinski definition) is 1. The Bertz CT molecular complexity index is 1220. The summed E-state index contributed by atoms with van der Waals surface area (Å²) in [5, 5.41) is 26.2. The highest BCUT2D eigenvalue weighted by Crippen LogP contribution is 2.55. The summed E-state index contributed by atoms with van der Waals surface area (Å²) in [6, 6.07) is 21.5. The fraction of sp³-hybridized carbons (Fsp3) is 0.259. The molecule has 1 N–H and O–H groups in total. The fourth-order valence-electron chi connectivity index (χ4n) is 3.82. The van der Waals surface area contributed by atoms with Crippen molar-refractivity contribution in [2.75, 3.05) is 0 Å². The van der Waals surface area contributed by atoms with E-state index in [1.54, 1.807) is 18.2 Å². The van der Waals surface area contributed by atoms with Gasteiger partial charge in [0.25, 0.3) is 11.4 Å². The second-order valence-corrected chi connectivity index (χ2v) is 10.7. The van der Waals surface area contributed by atoms with Gasteiger partial charge in [-0.3, -0.25) is 30.1 Å². The highest BCUT2D eigenvalue weighted by Gasteiger charge is 2.37. The molecule has 0 aliphatic heterocycles. The van der Waals surface area contributed by atoms with E-state index in [4.69, 9.17) is 9.05 Å². The summed E-state index contributed by atoms with van der Waals surface area (Å²) in [5.41, 5.74) is 1.08. The number of nitrogens with zero attached hydrogens (tertiary/aromatic N) is 2. The number of allylic oxidation sites excluding steroid dienone is 1. The average molecular weight is 540 g/mol. The maximum atomic E-state index is 14.4. The zero-order valence-corrected chi connectivity index (χ0v) is 21.7.